The predicted molar refractivity (Wildman–Crippen MR) is 70.4 cm³/mol. The summed E-state index contributed by atoms with van der Waals surface area (Å²) < 4.78 is 13.9. The molecule has 1 fully saturated rings. The summed E-state index contributed by atoms with van der Waals surface area (Å²) in [6, 6.07) is 4.42. The van der Waals surface area contributed by atoms with E-state index in [2.05, 4.69) is 21.2 Å². The van der Waals surface area contributed by atoms with E-state index in [9.17, 15) is 14.0 Å². The topological polar surface area (TPSA) is 66.4 Å². The number of amides is 1. The molecule has 0 atom stereocenters. The second kappa shape index (κ2) is 5.28. The van der Waals surface area contributed by atoms with Crippen LogP contribution in [0.5, 0.6) is 0 Å². The first kappa shape index (κ1) is 14.0. The highest BCUT2D eigenvalue weighted by Crippen LogP contribution is 2.40. The van der Waals surface area contributed by atoms with E-state index in [0.29, 0.717) is 12.8 Å². The van der Waals surface area contributed by atoms with E-state index in [1.165, 1.54) is 12.1 Å². The Bertz CT molecular complexity index is 529. The fourth-order valence-electron chi connectivity index (χ4n) is 2.09. The van der Waals surface area contributed by atoms with Gasteiger partial charge >= 0.3 is 5.97 Å². The lowest BCUT2D eigenvalue weighted by atomic mass is 9.69. The van der Waals surface area contributed by atoms with Crippen molar-refractivity contribution in [3.8, 4) is 0 Å². The number of hydrogen-bond donors (Lipinski definition) is 2. The van der Waals surface area contributed by atoms with E-state index in [1.54, 1.807) is 6.07 Å². The van der Waals surface area contributed by atoms with Crippen LogP contribution < -0.4 is 5.32 Å². The van der Waals surface area contributed by atoms with Crippen LogP contribution in [0.1, 0.15) is 29.6 Å². The third kappa shape index (κ3) is 2.63. The van der Waals surface area contributed by atoms with Gasteiger partial charge in [-0.05, 0) is 40.9 Å². The van der Waals surface area contributed by atoms with Crippen LogP contribution in [0, 0.1) is 11.2 Å². The Balaban J connectivity index is 2.06. The molecule has 102 valence electrons. The smallest absolute Gasteiger partial charge is 0.311 e. The van der Waals surface area contributed by atoms with Crippen LogP contribution >= 0.6 is 15.9 Å². The minimum atomic E-state index is -0.909. The van der Waals surface area contributed by atoms with Crippen LogP contribution in [-0.2, 0) is 4.79 Å². The first-order chi connectivity index (χ1) is 8.96. The van der Waals surface area contributed by atoms with Crippen molar-refractivity contribution >= 4 is 27.8 Å². The highest BCUT2D eigenvalue weighted by molar-refractivity contribution is 9.10. The second-order valence-corrected chi connectivity index (χ2v) is 5.58. The van der Waals surface area contributed by atoms with Crippen molar-refractivity contribution < 1.29 is 19.1 Å². The molecule has 1 aliphatic carbocycles. The first-order valence-corrected chi connectivity index (χ1v) is 6.71. The summed E-state index contributed by atoms with van der Waals surface area (Å²) in [5, 5.41) is 11.6. The summed E-state index contributed by atoms with van der Waals surface area (Å²) in [7, 11) is 0. The van der Waals surface area contributed by atoms with Gasteiger partial charge in [-0.1, -0.05) is 12.5 Å². The molecular weight excluding hydrogens is 317 g/mol. The van der Waals surface area contributed by atoms with Gasteiger partial charge in [0.1, 0.15) is 5.82 Å². The lowest BCUT2D eigenvalue weighted by Crippen LogP contribution is -2.47. The van der Waals surface area contributed by atoms with Crippen LogP contribution in [0.2, 0.25) is 0 Å². The van der Waals surface area contributed by atoms with Gasteiger partial charge in [-0.15, -0.1) is 0 Å². The quantitative estimate of drug-likeness (QED) is 0.892. The summed E-state index contributed by atoms with van der Waals surface area (Å²) in [4.78, 5) is 23.0. The molecule has 0 radical (unpaired) electrons. The molecule has 2 N–H and O–H groups in total. The van der Waals surface area contributed by atoms with Gasteiger partial charge in [-0.3, -0.25) is 9.59 Å². The molecule has 0 unspecified atom stereocenters. The number of rotatable bonds is 4. The maximum absolute atomic E-state index is 13.7. The molecule has 2 rings (SSSR count). The Morgan fingerprint density at radius 1 is 1.42 bits per heavy atom. The normalized spacial score (nSPS) is 16.5. The Hall–Kier alpha value is -1.43. The number of nitrogens with one attached hydrogen (secondary N) is 1. The molecule has 0 aliphatic heterocycles. The minimum Gasteiger partial charge on any atom is -0.481 e. The summed E-state index contributed by atoms with van der Waals surface area (Å²) >= 11 is 3.00. The number of carbonyl (C=O) groups is 2. The Labute approximate surface area is 118 Å². The van der Waals surface area contributed by atoms with E-state index in [1.807, 2.05) is 0 Å². The monoisotopic (exact) mass is 329 g/mol. The van der Waals surface area contributed by atoms with Crippen LogP contribution in [-0.4, -0.2) is 23.5 Å². The van der Waals surface area contributed by atoms with Gasteiger partial charge in [0.15, 0.2) is 0 Å². The molecule has 1 aromatic rings. The maximum Gasteiger partial charge on any atom is 0.311 e. The number of hydrogen-bond acceptors (Lipinski definition) is 2. The molecule has 0 heterocycles. The van der Waals surface area contributed by atoms with Gasteiger partial charge in [0, 0.05) is 6.54 Å². The summed E-state index contributed by atoms with van der Waals surface area (Å²) in [6.07, 6.45) is 1.93. The Kier molecular flexibility index (Phi) is 3.89. The number of aliphatic carboxylic acids is 1. The first-order valence-electron chi connectivity index (χ1n) is 5.92. The Morgan fingerprint density at radius 3 is 2.63 bits per heavy atom. The molecule has 0 spiro atoms. The summed E-state index contributed by atoms with van der Waals surface area (Å²) in [6.45, 7) is 0.0348. The fraction of sp³-hybridized carbons (Fsp3) is 0.385. The molecule has 0 saturated heterocycles. The molecule has 6 heteroatoms. The Morgan fingerprint density at radius 2 is 2.11 bits per heavy atom. The molecule has 0 aromatic heterocycles. The predicted octanol–water partition coefficient (Wildman–Crippen LogP) is 2.57. The van der Waals surface area contributed by atoms with Crippen LogP contribution in [0.3, 0.4) is 0 Å². The zero-order valence-electron chi connectivity index (χ0n) is 10.1. The van der Waals surface area contributed by atoms with Gasteiger partial charge in [0.2, 0.25) is 0 Å². The van der Waals surface area contributed by atoms with Crippen molar-refractivity contribution in [3.05, 3.63) is 34.1 Å². The third-order valence-corrected chi connectivity index (χ3v) is 4.16. The second-order valence-electron chi connectivity index (χ2n) is 4.72. The van der Waals surface area contributed by atoms with Crippen molar-refractivity contribution in [1.82, 2.24) is 5.32 Å². The molecule has 1 saturated carbocycles. The number of carboxylic acid groups (broad SMARTS) is 1. The number of benzene rings is 1. The fourth-order valence-corrected chi connectivity index (χ4v) is 2.46. The third-order valence-electron chi connectivity index (χ3n) is 3.55. The molecule has 1 amide bonds. The van der Waals surface area contributed by atoms with Gasteiger partial charge in [-0.2, -0.15) is 0 Å². The average molecular weight is 330 g/mol. The molecule has 19 heavy (non-hydrogen) atoms. The molecular formula is C13H13BrFNO3. The molecule has 1 aromatic carbocycles. The lowest BCUT2D eigenvalue weighted by molar-refractivity contribution is -0.153. The van der Waals surface area contributed by atoms with Crippen molar-refractivity contribution in [3.63, 3.8) is 0 Å². The van der Waals surface area contributed by atoms with Gasteiger partial charge < -0.3 is 10.4 Å². The number of carboxylic acids is 1. The van der Waals surface area contributed by atoms with E-state index >= 15 is 0 Å². The van der Waals surface area contributed by atoms with E-state index < -0.39 is 23.1 Å². The zero-order valence-corrected chi connectivity index (χ0v) is 11.7. The highest BCUT2D eigenvalue weighted by atomic mass is 79.9. The van der Waals surface area contributed by atoms with Crippen molar-refractivity contribution in [2.75, 3.05) is 6.54 Å². The largest absolute Gasteiger partial charge is 0.481 e. The SMILES string of the molecule is O=C(NCC1(C(=O)O)CCC1)c1cccc(Br)c1F. The van der Waals surface area contributed by atoms with Crippen molar-refractivity contribution in [2.45, 2.75) is 19.3 Å². The van der Waals surface area contributed by atoms with Crippen LogP contribution in [0.25, 0.3) is 0 Å². The van der Waals surface area contributed by atoms with Gasteiger partial charge in [-0.25, -0.2) is 4.39 Å². The lowest BCUT2D eigenvalue weighted by Gasteiger charge is -2.37. The van der Waals surface area contributed by atoms with E-state index in [-0.39, 0.29) is 16.6 Å². The zero-order chi connectivity index (χ0) is 14.0. The van der Waals surface area contributed by atoms with E-state index in [4.69, 9.17) is 5.11 Å². The maximum atomic E-state index is 13.7. The van der Waals surface area contributed by atoms with E-state index in [0.717, 1.165) is 6.42 Å². The molecule has 0 bridgehead atoms. The van der Waals surface area contributed by atoms with Gasteiger partial charge in [0.25, 0.3) is 5.91 Å². The minimum absolute atomic E-state index is 0.0348. The van der Waals surface area contributed by atoms with Crippen molar-refractivity contribution in [1.29, 1.82) is 0 Å². The van der Waals surface area contributed by atoms with Crippen LogP contribution in [0.4, 0.5) is 4.39 Å². The summed E-state index contributed by atoms with van der Waals surface area (Å²) in [5.74, 6) is -2.14. The number of halogens is 2. The molecule has 4 nitrogen and oxygen atoms in total. The van der Waals surface area contributed by atoms with Crippen LogP contribution in [0.15, 0.2) is 22.7 Å². The molecule has 1 aliphatic rings. The standard InChI is InChI=1S/C13H13BrFNO3/c14-9-4-1-3-8(10(9)15)11(17)16-7-13(12(18)19)5-2-6-13/h1,3-4H,2,5-7H2,(H,16,17)(H,18,19). The summed E-state index contributed by atoms with van der Waals surface area (Å²) in [5.41, 5.74) is -0.966. The van der Waals surface area contributed by atoms with Gasteiger partial charge in [0.05, 0.1) is 15.5 Å². The average Bonchev–Trinajstić information content (AvgIpc) is 2.30. The highest BCUT2D eigenvalue weighted by Gasteiger charge is 2.44. The van der Waals surface area contributed by atoms with Crippen molar-refractivity contribution in [2.24, 2.45) is 5.41 Å². The number of carbonyl (C=O) groups excluding carboxylic acids is 1.